The average molecular weight is 336 g/mol. The van der Waals surface area contributed by atoms with E-state index < -0.39 is 9.84 Å². The lowest BCUT2D eigenvalue weighted by Crippen LogP contribution is -2.48. The van der Waals surface area contributed by atoms with Crippen LogP contribution in [-0.4, -0.2) is 78.3 Å². The van der Waals surface area contributed by atoms with E-state index in [0.717, 1.165) is 37.8 Å². The molecule has 0 aliphatic carbocycles. The van der Waals surface area contributed by atoms with Crippen molar-refractivity contribution in [1.82, 2.24) is 25.1 Å². The minimum absolute atomic E-state index is 0.203. The van der Waals surface area contributed by atoms with Gasteiger partial charge in [0.2, 0.25) is 5.95 Å². The van der Waals surface area contributed by atoms with Gasteiger partial charge in [0.15, 0.2) is 0 Å². The molecule has 0 atom stereocenters. The fraction of sp³-hybridized carbons (Fsp3) is 0.500. The lowest BCUT2D eigenvalue weighted by Gasteiger charge is -2.34. The molecule has 0 N–H and O–H groups in total. The molecule has 1 aromatic carbocycles. The van der Waals surface area contributed by atoms with Gasteiger partial charge in [-0.05, 0) is 22.6 Å². The molecule has 1 aliphatic rings. The van der Waals surface area contributed by atoms with Crippen LogP contribution in [0.15, 0.2) is 30.3 Å². The molecule has 1 saturated heterocycles. The molecular formula is C14H20N6O2S. The second kappa shape index (κ2) is 6.63. The fourth-order valence-corrected chi connectivity index (χ4v) is 3.17. The van der Waals surface area contributed by atoms with Gasteiger partial charge < -0.3 is 4.90 Å². The summed E-state index contributed by atoms with van der Waals surface area (Å²) in [5.41, 5.74) is 0.923. The van der Waals surface area contributed by atoms with Crippen LogP contribution in [0.3, 0.4) is 0 Å². The lowest BCUT2D eigenvalue weighted by atomic mass is 10.3. The summed E-state index contributed by atoms with van der Waals surface area (Å²) in [4.78, 5) is 4.29. The number of sulfone groups is 1. The Hall–Kier alpha value is -2.00. The van der Waals surface area contributed by atoms with Gasteiger partial charge in [-0.3, -0.25) is 4.90 Å². The molecule has 1 fully saturated rings. The molecule has 0 bridgehead atoms. The fourth-order valence-electron chi connectivity index (χ4n) is 2.58. The number of rotatable bonds is 5. The van der Waals surface area contributed by atoms with Crippen molar-refractivity contribution in [2.45, 2.75) is 0 Å². The van der Waals surface area contributed by atoms with Crippen LogP contribution in [0.1, 0.15) is 0 Å². The Kier molecular flexibility index (Phi) is 4.58. The van der Waals surface area contributed by atoms with Gasteiger partial charge in [0.1, 0.15) is 9.84 Å². The van der Waals surface area contributed by atoms with Crippen molar-refractivity contribution in [1.29, 1.82) is 0 Å². The second-order valence-corrected chi connectivity index (χ2v) is 7.94. The average Bonchev–Trinajstić information content (AvgIpc) is 3.03. The highest BCUT2D eigenvalue weighted by Gasteiger charge is 2.22. The highest BCUT2D eigenvalue weighted by atomic mass is 32.2. The molecule has 0 saturated carbocycles. The van der Waals surface area contributed by atoms with Crippen LogP contribution in [0.4, 0.5) is 5.95 Å². The Morgan fingerprint density at radius 2 is 1.78 bits per heavy atom. The lowest BCUT2D eigenvalue weighted by molar-refractivity contribution is 0.270. The topological polar surface area (TPSA) is 84.2 Å². The summed E-state index contributed by atoms with van der Waals surface area (Å²) < 4.78 is 24.2. The third-order valence-corrected chi connectivity index (χ3v) is 4.81. The molecule has 3 rings (SSSR count). The van der Waals surface area contributed by atoms with Crippen molar-refractivity contribution in [3.05, 3.63) is 30.3 Å². The van der Waals surface area contributed by atoms with E-state index >= 15 is 0 Å². The van der Waals surface area contributed by atoms with E-state index in [1.54, 1.807) is 4.68 Å². The zero-order chi connectivity index (χ0) is 16.3. The Bertz CT molecular complexity index is 738. The first-order valence-corrected chi connectivity index (χ1v) is 9.58. The minimum atomic E-state index is -2.91. The third-order valence-electron chi connectivity index (χ3n) is 3.89. The van der Waals surface area contributed by atoms with Crippen molar-refractivity contribution in [2.75, 3.05) is 49.6 Å². The zero-order valence-corrected chi connectivity index (χ0v) is 13.9. The van der Waals surface area contributed by atoms with Crippen molar-refractivity contribution >= 4 is 15.8 Å². The summed E-state index contributed by atoms with van der Waals surface area (Å²) in [6, 6.07) is 9.77. The maximum absolute atomic E-state index is 11.3. The van der Waals surface area contributed by atoms with Crippen molar-refractivity contribution in [3.8, 4) is 5.69 Å². The predicted octanol–water partition coefficient (Wildman–Crippen LogP) is -0.171. The molecular weight excluding hydrogens is 316 g/mol. The highest BCUT2D eigenvalue weighted by molar-refractivity contribution is 7.90. The predicted molar refractivity (Wildman–Crippen MR) is 87.5 cm³/mol. The number of piperazine rings is 1. The molecule has 0 unspecified atom stereocenters. The van der Waals surface area contributed by atoms with Gasteiger partial charge in [0, 0.05) is 39.0 Å². The molecule has 2 heterocycles. The van der Waals surface area contributed by atoms with E-state index in [-0.39, 0.29) is 5.75 Å². The number of aromatic nitrogens is 4. The largest absolute Gasteiger partial charge is 0.337 e. The van der Waals surface area contributed by atoms with Crippen LogP contribution in [0.2, 0.25) is 0 Å². The Morgan fingerprint density at radius 3 is 2.43 bits per heavy atom. The standard InChI is InChI=1S/C14H20N6O2S/c1-23(21,22)12-11-18-7-9-19(10-8-18)14-15-16-17-20(14)13-5-3-2-4-6-13/h2-6H,7-12H2,1H3. The molecule has 1 aromatic heterocycles. The Morgan fingerprint density at radius 1 is 1.09 bits per heavy atom. The van der Waals surface area contributed by atoms with Crippen molar-refractivity contribution < 1.29 is 8.42 Å². The Balaban J connectivity index is 1.64. The molecule has 23 heavy (non-hydrogen) atoms. The molecule has 2 aromatic rings. The summed E-state index contributed by atoms with van der Waals surface area (Å²) in [6.07, 6.45) is 1.28. The number of anilines is 1. The third kappa shape index (κ3) is 4.05. The number of tetrazole rings is 1. The van der Waals surface area contributed by atoms with Gasteiger partial charge in [-0.1, -0.05) is 23.3 Å². The summed E-state index contributed by atoms with van der Waals surface area (Å²) >= 11 is 0. The maximum Gasteiger partial charge on any atom is 0.250 e. The Labute approximate surface area is 135 Å². The van der Waals surface area contributed by atoms with Crippen molar-refractivity contribution in [2.24, 2.45) is 0 Å². The highest BCUT2D eigenvalue weighted by Crippen LogP contribution is 2.16. The van der Waals surface area contributed by atoms with Gasteiger partial charge >= 0.3 is 0 Å². The quantitative estimate of drug-likeness (QED) is 0.749. The van der Waals surface area contributed by atoms with E-state index in [9.17, 15) is 8.42 Å². The second-order valence-electron chi connectivity index (χ2n) is 5.68. The van der Waals surface area contributed by atoms with Crippen molar-refractivity contribution in [3.63, 3.8) is 0 Å². The number of hydrogen-bond acceptors (Lipinski definition) is 7. The van der Waals surface area contributed by atoms with Crippen LogP contribution in [-0.2, 0) is 9.84 Å². The summed E-state index contributed by atoms with van der Waals surface area (Å²) in [5.74, 6) is 0.924. The summed E-state index contributed by atoms with van der Waals surface area (Å²) in [6.45, 7) is 3.73. The first-order valence-electron chi connectivity index (χ1n) is 7.52. The first-order chi connectivity index (χ1) is 11.0. The van der Waals surface area contributed by atoms with Crippen LogP contribution in [0.25, 0.3) is 5.69 Å². The normalized spacial score (nSPS) is 16.7. The number of nitrogens with zero attached hydrogens (tertiary/aromatic N) is 6. The maximum atomic E-state index is 11.3. The number of benzene rings is 1. The van der Waals surface area contributed by atoms with Gasteiger partial charge in [-0.25, -0.2) is 8.42 Å². The molecule has 0 spiro atoms. The minimum Gasteiger partial charge on any atom is -0.337 e. The molecule has 9 heteroatoms. The van der Waals surface area contributed by atoms with Crippen LogP contribution >= 0.6 is 0 Å². The van der Waals surface area contributed by atoms with E-state index in [1.807, 2.05) is 30.3 Å². The summed E-state index contributed by atoms with van der Waals surface area (Å²) in [7, 11) is -2.91. The van der Waals surface area contributed by atoms with E-state index in [1.165, 1.54) is 6.26 Å². The molecule has 0 amide bonds. The van der Waals surface area contributed by atoms with Gasteiger partial charge in [-0.2, -0.15) is 4.68 Å². The SMILES string of the molecule is CS(=O)(=O)CCN1CCN(c2nnnn2-c2ccccc2)CC1. The van der Waals surface area contributed by atoms with E-state index in [4.69, 9.17) is 0 Å². The van der Waals surface area contributed by atoms with Crippen LogP contribution < -0.4 is 4.90 Å². The molecule has 8 nitrogen and oxygen atoms in total. The first kappa shape index (κ1) is 15.9. The number of para-hydroxylation sites is 1. The zero-order valence-electron chi connectivity index (χ0n) is 13.0. The van der Waals surface area contributed by atoms with Gasteiger partial charge in [0.05, 0.1) is 11.4 Å². The van der Waals surface area contributed by atoms with Gasteiger partial charge in [0.25, 0.3) is 0 Å². The van der Waals surface area contributed by atoms with Crippen LogP contribution in [0, 0.1) is 0 Å². The molecule has 124 valence electrons. The van der Waals surface area contributed by atoms with Crippen LogP contribution in [0.5, 0.6) is 0 Å². The van der Waals surface area contributed by atoms with E-state index in [2.05, 4.69) is 25.3 Å². The summed E-state index contributed by atoms with van der Waals surface area (Å²) in [5, 5.41) is 12.0. The monoisotopic (exact) mass is 336 g/mol. The molecule has 0 radical (unpaired) electrons. The molecule has 1 aliphatic heterocycles. The number of hydrogen-bond donors (Lipinski definition) is 0. The smallest absolute Gasteiger partial charge is 0.250 e. The van der Waals surface area contributed by atoms with E-state index in [0.29, 0.717) is 6.54 Å². The van der Waals surface area contributed by atoms with Gasteiger partial charge in [-0.15, -0.1) is 0 Å².